The first kappa shape index (κ1) is 18.3. The molecule has 0 spiro atoms. The highest BCUT2D eigenvalue weighted by Crippen LogP contribution is 2.29. The number of para-hydroxylation sites is 1. The summed E-state index contributed by atoms with van der Waals surface area (Å²) >= 11 is 0. The van der Waals surface area contributed by atoms with Crippen molar-refractivity contribution in [2.75, 3.05) is 20.3 Å². The van der Waals surface area contributed by atoms with E-state index in [1.807, 2.05) is 24.3 Å². The van der Waals surface area contributed by atoms with E-state index in [0.717, 1.165) is 24.2 Å². The predicted molar refractivity (Wildman–Crippen MR) is 88.7 cm³/mol. The zero-order valence-electron chi connectivity index (χ0n) is 14.0. The summed E-state index contributed by atoms with van der Waals surface area (Å²) in [5, 5.41) is 12.0. The van der Waals surface area contributed by atoms with Crippen molar-refractivity contribution in [3.8, 4) is 5.75 Å². The minimum atomic E-state index is -0.801. The van der Waals surface area contributed by atoms with Gasteiger partial charge in [-0.2, -0.15) is 0 Å². The third-order valence-electron chi connectivity index (χ3n) is 4.36. The maximum absolute atomic E-state index is 12.3. The first-order valence-corrected chi connectivity index (χ1v) is 8.32. The Bertz CT molecular complexity index is 560. The lowest BCUT2D eigenvalue weighted by molar-refractivity contribution is -0.144. The largest absolute Gasteiger partial charge is 0.491 e. The molecule has 1 saturated carbocycles. The molecule has 1 fully saturated rings. The van der Waals surface area contributed by atoms with Gasteiger partial charge in [-0.25, -0.2) is 0 Å². The van der Waals surface area contributed by atoms with Crippen LogP contribution in [0, 0.1) is 11.8 Å². The van der Waals surface area contributed by atoms with Crippen LogP contribution in [0.3, 0.4) is 0 Å². The highest BCUT2D eigenvalue weighted by Gasteiger charge is 2.30. The number of carboxylic acids is 1. The summed E-state index contributed by atoms with van der Waals surface area (Å²) in [4.78, 5) is 23.5. The second kappa shape index (κ2) is 9.27. The van der Waals surface area contributed by atoms with E-state index >= 15 is 0 Å². The van der Waals surface area contributed by atoms with Gasteiger partial charge in [-0.1, -0.05) is 24.6 Å². The van der Waals surface area contributed by atoms with Gasteiger partial charge in [-0.05, 0) is 25.3 Å². The van der Waals surface area contributed by atoms with Crippen molar-refractivity contribution in [3.63, 3.8) is 0 Å². The minimum absolute atomic E-state index is 0.0763. The van der Waals surface area contributed by atoms with Crippen LogP contribution in [-0.2, 0) is 20.9 Å². The van der Waals surface area contributed by atoms with Gasteiger partial charge in [0.2, 0.25) is 5.91 Å². The first-order valence-electron chi connectivity index (χ1n) is 8.32. The van der Waals surface area contributed by atoms with E-state index < -0.39 is 11.9 Å². The molecule has 0 saturated heterocycles. The van der Waals surface area contributed by atoms with Gasteiger partial charge in [0.1, 0.15) is 12.4 Å². The number of nitrogens with one attached hydrogen (secondary N) is 1. The molecule has 2 rings (SSSR count). The second-order valence-electron chi connectivity index (χ2n) is 6.07. The van der Waals surface area contributed by atoms with Gasteiger partial charge in [0, 0.05) is 25.1 Å². The fourth-order valence-corrected chi connectivity index (χ4v) is 3.00. The number of rotatable bonds is 8. The quantitative estimate of drug-likeness (QED) is 0.712. The number of carboxylic acid groups (broad SMARTS) is 1. The van der Waals surface area contributed by atoms with Gasteiger partial charge in [0.25, 0.3) is 0 Å². The molecule has 2 unspecified atom stereocenters. The van der Waals surface area contributed by atoms with Gasteiger partial charge in [0.15, 0.2) is 0 Å². The average molecular weight is 335 g/mol. The Balaban J connectivity index is 1.88. The van der Waals surface area contributed by atoms with Crippen LogP contribution >= 0.6 is 0 Å². The number of carbonyl (C=O) groups is 2. The van der Waals surface area contributed by atoms with E-state index in [0.29, 0.717) is 32.6 Å². The molecule has 1 aliphatic carbocycles. The Kier molecular flexibility index (Phi) is 7.06. The number of carbonyl (C=O) groups excluding carboxylic acids is 1. The highest BCUT2D eigenvalue weighted by atomic mass is 16.5. The zero-order chi connectivity index (χ0) is 17.4. The summed E-state index contributed by atoms with van der Waals surface area (Å²) in [6.07, 6.45) is 2.62. The summed E-state index contributed by atoms with van der Waals surface area (Å²) < 4.78 is 10.6. The maximum atomic E-state index is 12.3. The molecule has 1 amide bonds. The van der Waals surface area contributed by atoms with E-state index in [9.17, 15) is 9.59 Å². The maximum Gasteiger partial charge on any atom is 0.306 e. The van der Waals surface area contributed by atoms with E-state index in [-0.39, 0.29) is 11.8 Å². The van der Waals surface area contributed by atoms with Crippen LogP contribution in [0.1, 0.15) is 31.2 Å². The Morgan fingerprint density at radius 2 is 1.96 bits per heavy atom. The molecule has 1 aromatic rings. The molecule has 6 heteroatoms. The SMILES string of the molecule is COCCOc1ccccc1CNC(=O)C1CCCC(C(=O)O)C1. The van der Waals surface area contributed by atoms with E-state index in [1.165, 1.54) is 0 Å². The Hall–Kier alpha value is -2.08. The summed E-state index contributed by atoms with van der Waals surface area (Å²) in [7, 11) is 1.62. The van der Waals surface area contributed by atoms with Crippen molar-refractivity contribution in [3.05, 3.63) is 29.8 Å². The van der Waals surface area contributed by atoms with Crippen molar-refractivity contribution < 1.29 is 24.2 Å². The Morgan fingerprint density at radius 3 is 2.71 bits per heavy atom. The smallest absolute Gasteiger partial charge is 0.306 e. The Morgan fingerprint density at radius 1 is 1.21 bits per heavy atom. The predicted octanol–water partition coefficient (Wildman–Crippen LogP) is 2.22. The lowest BCUT2D eigenvalue weighted by atomic mass is 9.81. The Labute approximate surface area is 142 Å². The molecule has 2 N–H and O–H groups in total. The number of hydrogen-bond acceptors (Lipinski definition) is 4. The van der Waals surface area contributed by atoms with Crippen LogP contribution in [-0.4, -0.2) is 37.3 Å². The molecule has 132 valence electrons. The summed E-state index contributed by atoms with van der Waals surface area (Å²) in [5.74, 6) is -0.778. The van der Waals surface area contributed by atoms with E-state index in [2.05, 4.69) is 5.32 Å². The third-order valence-corrected chi connectivity index (χ3v) is 4.36. The van der Waals surface area contributed by atoms with Crippen LogP contribution in [0.2, 0.25) is 0 Å². The van der Waals surface area contributed by atoms with Crippen molar-refractivity contribution in [1.82, 2.24) is 5.32 Å². The minimum Gasteiger partial charge on any atom is -0.491 e. The number of amides is 1. The first-order chi connectivity index (χ1) is 11.6. The molecule has 6 nitrogen and oxygen atoms in total. The van der Waals surface area contributed by atoms with Crippen molar-refractivity contribution in [2.45, 2.75) is 32.2 Å². The normalized spacial score (nSPS) is 20.4. The lowest BCUT2D eigenvalue weighted by Gasteiger charge is -2.25. The van der Waals surface area contributed by atoms with Crippen LogP contribution < -0.4 is 10.1 Å². The van der Waals surface area contributed by atoms with Gasteiger partial charge in [-0.15, -0.1) is 0 Å². The number of benzene rings is 1. The molecule has 0 aromatic heterocycles. The topological polar surface area (TPSA) is 84.9 Å². The van der Waals surface area contributed by atoms with Crippen LogP contribution in [0.25, 0.3) is 0 Å². The standard InChI is InChI=1S/C18H25NO5/c1-23-9-10-24-16-8-3-2-5-15(16)12-19-17(20)13-6-4-7-14(11-13)18(21)22/h2-3,5,8,13-14H,4,6-7,9-12H2,1H3,(H,19,20)(H,21,22). The highest BCUT2D eigenvalue weighted by molar-refractivity contribution is 5.80. The molecule has 1 aliphatic rings. The summed E-state index contributed by atoms with van der Waals surface area (Å²) in [5.41, 5.74) is 0.896. The summed E-state index contributed by atoms with van der Waals surface area (Å²) in [6.45, 7) is 1.32. The molecule has 0 heterocycles. The fraction of sp³-hybridized carbons (Fsp3) is 0.556. The van der Waals surface area contributed by atoms with Crippen molar-refractivity contribution in [2.24, 2.45) is 11.8 Å². The van der Waals surface area contributed by atoms with E-state index in [1.54, 1.807) is 7.11 Å². The molecule has 2 atom stereocenters. The molecular weight excluding hydrogens is 310 g/mol. The van der Waals surface area contributed by atoms with Gasteiger partial charge in [-0.3, -0.25) is 9.59 Å². The van der Waals surface area contributed by atoms with E-state index in [4.69, 9.17) is 14.6 Å². The van der Waals surface area contributed by atoms with Crippen molar-refractivity contribution >= 4 is 11.9 Å². The number of hydrogen-bond donors (Lipinski definition) is 2. The van der Waals surface area contributed by atoms with Gasteiger partial charge in [0.05, 0.1) is 12.5 Å². The molecule has 0 aliphatic heterocycles. The van der Waals surface area contributed by atoms with Gasteiger partial charge < -0.3 is 19.9 Å². The number of ether oxygens (including phenoxy) is 2. The number of methoxy groups -OCH3 is 1. The fourth-order valence-electron chi connectivity index (χ4n) is 3.00. The average Bonchev–Trinajstić information content (AvgIpc) is 2.61. The van der Waals surface area contributed by atoms with Crippen LogP contribution in [0.4, 0.5) is 0 Å². The van der Waals surface area contributed by atoms with Crippen LogP contribution in [0.15, 0.2) is 24.3 Å². The molecular formula is C18H25NO5. The molecule has 0 radical (unpaired) electrons. The molecule has 24 heavy (non-hydrogen) atoms. The third kappa shape index (κ3) is 5.23. The summed E-state index contributed by atoms with van der Waals surface area (Å²) in [6, 6.07) is 7.54. The van der Waals surface area contributed by atoms with Crippen LogP contribution in [0.5, 0.6) is 5.75 Å². The molecule has 0 bridgehead atoms. The van der Waals surface area contributed by atoms with Gasteiger partial charge >= 0.3 is 5.97 Å². The lowest BCUT2D eigenvalue weighted by Crippen LogP contribution is -2.35. The second-order valence-corrected chi connectivity index (χ2v) is 6.07. The number of aliphatic carboxylic acids is 1. The monoisotopic (exact) mass is 335 g/mol. The molecule has 1 aromatic carbocycles. The zero-order valence-corrected chi connectivity index (χ0v) is 14.0. The van der Waals surface area contributed by atoms with Crippen molar-refractivity contribution in [1.29, 1.82) is 0 Å².